The highest BCUT2D eigenvalue weighted by Crippen LogP contribution is 2.08. The normalized spacial score (nSPS) is 9.30. The molecule has 0 heterocycles. The molecule has 2 aromatic rings. The maximum Gasteiger partial charge on any atom is 0.338 e. The third-order valence-corrected chi connectivity index (χ3v) is 4.47. The Morgan fingerprint density at radius 2 is 1.03 bits per heavy atom. The second kappa shape index (κ2) is 21.5. The van der Waals surface area contributed by atoms with E-state index in [0.29, 0.717) is 17.7 Å². The molecular weight excluding hydrogens is 488 g/mol. The number of esters is 2. The van der Waals surface area contributed by atoms with Crippen LogP contribution in [-0.2, 0) is 9.47 Å². The van der Waals surface area contributed by atoms with Crippen LogP contribution in [0.4, 0.5) is 0 Å². The largest absolute Gasteiger partial charge is 0.870 e. The van der Waals surface area contributed by atoms with Gasteiger partial charge in [-0.1, -0.05) is 19.8 Å². The highest BCUT2D eigenvalue weighted by molar-refractivity contribution is 5.93. The first-order valence-corrected chi connectivity index (χ1v) is 11.4. The molecule has 0 saturated carbocycles. The van der Waals surface area contributed by atoms with Gasteiger partial charge < -0.3 is 35.4 Å². The van der Waals surface area contributed by atoms with Crippen molar-refractivity contribution in [3.05, 3.63) is 70.8 Å². The quantitative estimate of drug-likeness (QED) is 0.248. The van der Waals surface area contributed by atoms with Gasteiger partial charge in [-0.25, -0.2) is 19.2 Å². The predicted octanol–water partition coefficient (Wildman–Crippen LogP) is 3.48. The number of hydrogen-bond donors (Lipinski definition) is 4. The number of carboxylic acid groups (broad SMARTS) is 2. The molecule has 11 heteroatoms. The Morgan fingerprint density at radius 1 is 0.649 bits per heavy atom. The van der Waals surface area contributed by atoms with Crippen LogP contribution in [0, 0.1) is 0 Å². The van der Waals surface area contributed by atoms with Crippen molar-refractivity contribution in [1.29, 1.82) is 0 Å². The number of benzene rings is 2. The van der Waals surface area contributed by atoms with Crippen molar-refractivity contribution >= 4 is 23.9 Å². The smallest absolute Gasteiger partial charge is 0.338 e. The van der Waals surface area contributed by atoms with Gasteiger partial charge in [0.05, 0.1) is 36.0 Å². The van der Waals surface area contributed by atoms with Crippen LogP contribution in [0.15, 0.2) is 48.5 Å². The van der Waals surface area contributed by atoms with Gasteiger partial charge in [-0.15, -0.1) is 0 Å². The number of ether oxygens (including phenoxy) is 2. The van der Waals surface area contributed by atoms with Gasteiger partial charge in [0.2, 0.25) is 0 Å². The Balaban J connectivity index is 0. The Hall–Kier alpha value is -3.80. The number of carboxylic acids is 2. The monoisotopic (exact) mass is 523 g/mol. The van der Waals surface area contributed by atoms with Gasteiger partial charge in [-0.05, 0) is 67.8 Å². The van der Waals surface area contributed by atoms with E-state index < -0.39 is 17.9 Å². The summed E-state index contributed by atoms with van der Waals surface area (Å²) in [6, 6.07) is 11.3. The first-order chi connectivity index (χ1) is 17.2. The summed E-state index contributed by atoms with van der Waals surface area (Å²) in [5.41, 5.74) is 1.03. The summed E-state index contributed by atoms with van der Waals surface area (Å²) in [7, 11) is 1.32. The van der Waals surface area contributed by atoms with Crippen LogP contribution in [0.25, 0.3) is 0 Å². The zero-order chi connectivity index (χ0) is 27.3. The predicted molar refractivity (Wildman–Crippen MR) is 133 cm³/mol. The summed E-state index contributed by atoms with van der Waals surface area (Å²) in [6.45, 7) is 2.92. The molecule has 0 saturated heterocycles. The molecule has 37 heavy (non-hydrogen) atoms. The number of unbranched alkanes of at least 4 members (excludes halogenated alkanes) is 3. The molecule has 0 aliphatic rings. The SMILES string of the molecule is CCCCCOC(=O)c1ccc(C(=O)OC)cc1.O=C(O)c1ccc(C(=O)O)cc1.OCCCCO.[OH-]. The minimum atomic E-state index is -1.06. The lowest BCUT2D eigenvalue weighted by atomic mass is 10.1. The average molecular weight is 524 g/mol. The Morgan fingerprint density at radius 3 is 1.35 bits per heavy atom. The molecule has 0 atom stereocenters. The van der Waals surface area contributed by atoms with Crippen LogP contribution in [0.3, 0.4) is 0 Å². The molecule has 0 radical (unpaired) electrons. The van der Waals surface area contributed by atoms with Crippen LogP contribution >= 0.6 is 0 Å². The van der Waals surface area contributed by atoms with Crippen molar-refractivity contribution in [1.82, 2.24) is 0 Å². The number of carbonyl (C=O) groups is 4. The molecular formula is C26H35O11-. The van der Waals surface area contributed by atoms with Crippen LogP contribution < -0.4 is 0 Å². The summed E-state index contributed by atoms with van der Waals surface area (Å²) in [5, 5.41) is 33.1. The van der Waals surface area contributed by atoms with E-state index in [4.69, 9.17) is 25.2 Å². The highest BCUT2D eigenvalue weighted by atomic mass is 16.5. The maximum absolute atomic E-state index is 11.6. The zero-order valence-corrected chi connectivity index (χ0v) is 21.0. The molecule has 2 rings (SSSR count). The second-order valence-corrected chi connectivity index (χ2v) is 7.25. The molecule has 0 fully saturated rings. The van der Waals surface area contributed by atoms with Gasteiger partial charge in [0.25, 0.3) is 0 Å². The standard InChI is InChI=1S/C14H18O4.C8H6O4.C4H10O2.H2O/c1-3-4-5-10-18-14(16)12-8-6-11(7-9-12)13(15)17-2;9-7(10)5-1-2-6(4-3-5)8(11)12;5-3-1-2-4-6;/h6-9H,3-5,10H2,1-2H3;1-4H,(H,9,10)(H,11,12);5-6H,1-4H2;1H2/p-1. The maximum atomic E-state index is 11.6. The van der Waals surface area contributed by atoms with Crippen LogP contribution in [0.5, 0.6) is 0 Å². The number of hydrogen-bond acceptors (Lipinski definition) is 9. The van der Waals surface area contributed by atoms with Gasteiger partial charge >= 0.3 is 23.9 Å². The fraction of sp³-hybridized carbons (Fsp3) is 0.385. The zero-order valence-electron chi connectivity index (χ0n) is 21.0. The number of carbonyl (C=O) groups excluding carboxylic acids is 2. The van der Waals surface area contributed by atoms with Crippen molar-refractivity contribution in [3.8, 4) is 0 Å². The van der Waals surface area contributed by atoms with Gasteiger partial charge in [-0.2, -0.15) is 0 Å². The number of aliphatic hydroxyl groups excluding tert-OH is 2. The molecule has 5 N–H and O–H groups in total. The fourth-order valence-corrected chi connectivity index (χ4v) is 2.44. The van der Waals surface area contributed by atoms with Crippen LogP contribution in [-0.4, -0.2) is 76.7 Å². The lowest BCUT2D eigenvalue weighted by Crippen LogP contribution is -2.07. The molecule has 0 aromatic heterocycles. The molecule has 0 aliphatic carbocycles. The second-order valence-electron chi connectivity index (χ2n) is 7.25. The molecule has 206 valence electrons. The number of aromatic carboxylic acids is 2. The van der Waals surface area contributed by atoms with Crippen LogP contribution in [0.2, 0.25) is 0 Å². The number of aliphatic hydroxyl groups is 2. The van der Waals surface area contributed by atoms with Crippen molar-refractivity contribution in [2.45, 2.75) is 39.0 Å². The topological polar surface area (TPSA) is 198 Å². The van der Waals surface area contributed by atoms with Crippen molar-refractivity contribution in [2.24, 2.45) is 0 Å². The van der Waals surface area contributed by atoms with E-state index in [0.717, 1.165) is 32.1 Å². The highest BCUT2D eigenvalue weighted by Gasteiger charge is 2.09. The number of rotatable bonds is 11. The van der Waals surface area contributed by atoms with E-state index in [1.807, 2.05) is 0 Å². The van der Waals surface area contributed by atoms with Crippen LogP contribution in [0.1, 0.15) is 80.5 Å². The van der Waals surface area contributed by atoms with Crippen molar-refractivity contribution in [3.63, 3.8) is 0 Å². The fourth-order valence-electron chi connectivity index (χ4n) is 2.44. The third-order valence-electron chi connectivity index (χ3n) is 4.47. The molecule has 0 amide bonds. The van der Waals surface area contributed by atoms with Crippen molar-refractivity contribution in [2.75, 3.05) is 26.9 Å². The summed E-state index contributed by atoms with van der Waals surface area (Å²) >= 11 is 0. The minimum Gasteiger partial charge on any atom is -0.870 e. The first kappa shape index (κ1) is 35.4. The van der Waals surface area contributed by atoms with E-state index in [1.165, 1.54) is 31.4 Å². The summed E-state index contributed by atoms with van der Waals surface area (Å²) in [4.78, 5) is 43.5. The van der Waals surface area contributed by atoms with E-state index in [9.17, 15) is 19.2 Å². The summed E-state index contributed by atoms with van der Waals surface area (Å²) in [6.07, 6.45) is 4.45. The van der Waals surface area contributed by atoms with E-state index in [-0.39, 0.29) is 35.8 Å². The lowest BCUT2D eigenvalue weighted by Gasteiger charge is -2.05. The Labute approximate surface area is 215 Å². The molecule has 2 aromatic carbocycles. The average Bonchev–Trinajstić information content (AvgIpc) is 2.90. The van der Waals surface area contributed by atoms with Gasteiger partial charge in [-0.3, -0.25) is 0 Å². The Bertz CT molecular complexity index is 886. The first-order valence-electron chi connectivity index (χ1n) is 11.4. The van der Waals surface area contributed by atoms with E-state index in [1.54, 1.807) is 24.3 Å². The Kier molecular flexibility index (Phi) is 20.5. The molecule has 11 nitrogen and oxygen atoms in total. The molecule has 0 unspecified atom stereocenters. The molecule has 0 spiro atoms. The third kappa shape index (κ3) is 15.7. The number of methoxy groups -OCH3 is 1. The summed E-state index contributed by atoms with van der Waals surface area (Å²) in [5.74, 6) is -2.90. The van der Waals surface area contributed by atoms with Gasteiger partial charge in [0.15, 0.2) is 0 Å². The van der Waals surface area contributed by atoms with Crippen molar-refractivity contribution < 1.29 is 54.6 Å². The summed E-state index contributed by atoms with van der Waals surface area (Å²) < 4.78 is 9.67. The minimum absolute atomic E-state index is 0. The molecule has 0 bridgehead atoms. The lowest BCUT2D eigenvalue weighted by molar-refractivity contribution is 0.0495. The van der Waals surface area contributed by atoms with E-state index >= 15 is 0 Å². The van der Waals surface area contributed by atoms with Gasteiger partial charge in [0, 0.05) is 13.2 Å². The van der Waals surface area contributed by atoms with Gasteiger partial charge in [0.1, 0.15) is 0 Å². The van der Waals surface area contributed by atoms with E-state index in [2.05, 4.69) is 11.7 Å². The molecule has 0 aliphatic heterocycles.